The van der Waals surface area contributed by atoms with Gasteiger partial charge in [0.25, 0.3) is 0 Å². The Kier molecular flexibility index (Phi) is 6.06. The Morgan fingerprint density at radius 1 is 0.852 bits per heavy atom. The number of nitrogens with zero attached hydrogens (tertiary/aromatic N) is 1. The van der Waals surface area contributed by atoms with Crippen molar-refractivity contribution < 1.29 is 9.47 Å². The molecule has 3 aromatic rings. The van der Waals surface area contributed by atoms with Gasteiger partial charge in [-0.3, -0.25) is 0 Å². The molecular formula is C24H23NO2. The van der Waals surface area contributed by atoms with Gasteiger partial charge in [-0.25, -0.2) is 4.99 Å². The summed E-state index contributed by atoms with van der Waals surface area (Å²) in [6.45, 7) is 6.02. The highest BCUT2D eigenvalue weighted by Gasteiger charge is 2.10. The number of rotatable bonds is 5. The first-order valence-electron chi connectivity index (χ1n) is 8.89. The maximum Gasteiger partial charge on any atom is 0.225 e. The van der Waals surface area contributed by atoms with Crippen LogP contribution in [0.1, 0.15) is 18.1 Å². The van der Waals surface area contributed by atoms with Gasteiger partial charge in [-0.1, -0.05) is 54.1 Å². The Morgan fingerprint density at radius 3 is 2.19 bits per heavy atom. The van der Waals surface area contributed by atoms with Crippen molar-refractivity contribution in [2.75, 3.05) is 0 Å². The van der Waals surface area contributed by atoms with Gasteiger partial charge < -0.3 is 9.47 Å². The molecule has 0 aliphatic carbocycles. The normalized spacial score (nSPS) is 12.0. The predicted octanol–water partition coefficient (Wildman–Crippen LogP) is 6.40. The molecule has 0 saturated carbocycles. The van der Waals surface area contributed by atoms with Crippen LogP contribution in [-0.4, -0.2) is 5.90 Å². The van der Waals surface area contributed by atoms with Crippen LogP contribution in [0, 0.1) is 13.8 Å². The molecule has 3 rings (SSSR count). The van der Waals surface area contributed by atoms with Crippen LogP contribution in [0.15, 0.2) is 95.7 Å². The standard InChI is InChI=1S/C24H23NO2/c1-18-14-15-23(19(2)16-18)27-24(25-21-10-6-4-7-11-21)20(3)17-26-22-12-8-5-9-13-22/h4-17H,1-3H3/b20-17+,25-24-. The molecule has 0 aromatic heterocycles. The largest absolute Gasteiger partial charge is 0.465 e. The Balaban J connectivity index is 1.90. The van der Waals surface area contributed by atoms with E-state index in [0.717, 1.165) is 28.3 Å². The molecule has 0 saturated heterocycles. The zero-order chi connectivity index (χ0) is 19.1. The van der Waals surface area contributed by atoms with Gasteiger partial charge in [0, 0.05) is 5.57 Å². The summed E-state index contributed by atoms with van der Waals surface area (Å²) in [6, 6.07) is 25.5. The highest BCUT2D eigenvalue weighted by Crippen LogP contribution is 2.22. The molecule has 0 radical (unpaired) electrons. The van der Waals surface area contributed by atoms with E-state index >= 15 is 0 Å². The molecule has 0 aliphatic heterocycles. The Labute approximate surface area is 160 Å². The lowest BCUT2D eigenvalue weighted by atomic mass is 10.1. The van der Waals surface area contributed by atoms with E-state index in [1.54, 1.807) is 6.26 Å². The minimum absolute atomic E-state index is 0.504. The van der Waals surface area contributed by atoms with Crippen molar-refractivity contribution in [3.63, 3.8) is 0 Å². The number of hydrogen-bond donors (Lipinski definition) is 0. The third-order valence-electron chi connectivity index (χ3n) is 3.98. The fourth-order valence-electron chi connectivity index (χ4n) is 2.54. The summed E-state index contributed by atoms with van der Waals surface area (Å²) in [5.41, 5.74) is 3.88. The second-order valence-corrected chi connectivity index (χ2v) is 6.36. The van der Waals surface area contributed by atoms with Crippen LogP contribution in [0.5, 0.6) is 11.5 Å². The van der Waals surface area contributed by atoms with Gasteiger partial charge in [0.2, 0.25) is 5.90 Å². The third kappa shape index (κ3) is 5.32. The predicted molar refractivity (Wildman–Crippen MR) is 111 cm³/mol. The van der Waals surface area contributed by atoms with Crippen LogP contribution in [0.25, 0.3) is 0 Å². The van der Waals surface area contributed by atoms with E-state index in [4.69, 9.17) is 9.47 Å². The monoisotopic (exact) mass is 357 g/mol. The number of ether oxygens (including phenoxy) is 2. The van der Waals surface area contributed by atoms with Crippen molar-refractivity contribution in [2.24, 2.45) is 4.99 Å². The van der Waals surface area contributed by atoms with E-state index in [9.17, 15) is 0 Å². The van der Waals surface area contributed by atoms with Crippen molar-refractivity contribution in [2.45, 2.75) is 20.8 Å². The minimum atomic E-state index is 0.504. The number of aryl methyl sites for hydroxylation is 2. The number of benzene rings is 3. The first-order chi connectivity index (χ1) is 13.1. The van der Waals surface area contributed by atoms with Crippen molar-refractivity contribution in [1.82, 2.24) is 0 Å². The van der Waals surface area contributed by atoms with Crippen LogP contribution < -0.4 is 9.47 Å². The summed E-state index contributed by atoms with van der Waals surface area (Å²) < 4.78 is 11.9. The first-order valence-corrected chi connectivity index (χ1v) is 8.89. The summed E-state index contributed by atoms with van der Waals surface area (Å²) in [5.74, 6) is 2.05. The van der Waals surface area contributed by atoms with Crippen LogP contribution in [-0.2, 0) is 0 Å². The van der Waals surface area contributed by atoms with E-state index < -0.39 is 0 Å². The molecule has 0 N–H and O–H groups in total. The molecule has 0 atom stereocenters. The van der Waals surface area contributed by atoms with Crippen molar-refractivity contribution in [3.8, 4) is 11.5 Å². The van der Waals surface area contributed by atoms with E-state index in [1.807, 2.05) is 86.6 Å². The summed E-state index contributed by atoms with van der Waals surface area (Å²) in [4.78, 5) is 4.68. The molecule has 0 aliphatic rings. The van der Waals surface area contributed by atoms with E-state index in [-0.39, 0.29) is 0 Å². The highest BCUT2D eigenvalue weighted by molar-refractivity contribution is 5.96. The van der Waals surface area contributed by atoms with Crippen LogP contribution in [0.3, 0.4) is 0 Å². The molecule has 0 amide bonds. The van der Waals surface area contributed by atoms with Gasteiger partial charge in [0.15, 0.2) is 0 Å². The lowest BCUT2D eigenvalue weighted by molar-refractivity contribution is 0.473. The van der Waals surface area contributed by atoms with Crippen molar-refractivity contribution >= 4 is 11.6 Å². The minimum Gasteiger partial charge on any atom is -0.465 e. The fourth-order valence-corrected chi connectivity index (χ4v) is 2.54. The zero-order valence-corrected chi connectivity index (χ0v) is 15.8. The molecule has 0 bridgehead atoms. The highest BCUT2D eigenvalue weighted by atomic mass is 16.5. The summed E-state index contributed by atoms with van der Waals surface area (Å²) >= 11 is 0. The van der Waals surface area contributed by atoms with Crippen molar-refractivity contribution in [1.29, 1.82) is 0 Å². The van der Waals surface area contributed by atoms with Gasteiger partial charge in [-0.2, -0.15) is 0 Å². The SMILES string of the molecule is CC(=C\Oc1ccccc1)/C(=N/c1ccccc1)Oc1ccc(C)cc1C. The molecular weight excluding hydrogens is 334 g/mol. The summed E-state index contributed by atoms with van der Waals surface area (Å²) in [5, 5.41) is 0. The summed E-state index contributed by atoms with van der Waals surface area (Å²) in [6.07, 6.45) is 1.67. The molecule has 27 heavy (non-hydrogen) atoms. The van der Waals surface area contributed by atoms with Gasteiger partial charge >= 0.3 is 0 Å². The average molecular weight is 357 g/mol. The quantitative estimate of drug-likeness (QED) is 0.301. The topological polar surface area (TPSA) is 30.8 Å². The fraction of sp³-hybridized carbons (Fsp3) is 0.125. The smallest absolute Gasteiger partial charge is 0.225 e. The molecule has 3 aromatic carbocycles. The van der Waals surface area contributed by atoms with E-state index in [0.29, 0.717) is 5.90 Å². The maximum atomic E-state index is 6.16. The second-order valence-electron chi connectivity index (χ2n) is 6.36. The van der Waals surface area contributed by atoms with Crippen LogP contribution in [0.4, 0.5) is 5.69 Å². The van der Waals surface area contributed by atoms with Gasteiger partial charge in [0.05, 0.1) is 11.9 Å². The van der Waals surface area contributed by atoms with Gasteiger partial charge in [0.1, 0.15) is 11.5 Å². The maximum absolute atomic E-state index is 6.16. The molecule has 136 valence electrons. The molecule has 0 unspecified atom stereocenters. The van der Waals surface area contributed by atoms with E-state index in [1.165, 1.54) is 5.56 Å². The molecule has 0 heterocycles. The van der Waals surface area contributed by atoms with Gasteiger partial charge in [-0.05, 0) is 56.7 Å². The van der Waals surface area contributed by atoms with Crippen molar-refractivity contribution in [3.05, 3.63) is 102 Å². The number of aliphatic imine (C=N–C) groups is 1. The molecule has 3 nitrogen and oxygen atoms in total. The Bertz CT molecular complexity index is 945. The molecule has 3 heteroatoms. The average Bonchev–Trinajstić information content (AvgIpc) is 2.69. The Hall–Kier alpha value is -3.33. The van der Waals surface area contributed by atoms with E-state index in [2.05, 4.69) is 18.0 Å². The Morgan fingerprint density at radius 2 is 1.52 bits per heavy atom. The number of para-hydroxylation sites is 2. The lowest BCUT2D eigenvalue weighted by Gasteiger charge is -2.12. The zero-order valence-electron chi connectivity index (χ0n) is 15.8. The molecule has 0 spiro atoms. The van der Waals surface area contributed by atoms with Crippen LogP contribution in [0.2, 0.25) is 0 Å². The summed E-state index contributed by atoms with van der Waals surface area (Å²) in [7, 11) is 0. The van der Waals surface area contributed by atoms with Crippen LogP contribution >= 0.6 is 0 Å². The number of hydrogen-bond acceptors (Lipinski definition) is 3. The first kappa shape index (κ1) is 18.5. The second kappa shape index (κ2) is 8.86. The van der Waals surface area contributed by atoms with Gasteiger partial charge in [-0.15, -0.1) is 0 Å². The molecule has 0 fully saturated rings. The third-order valence-corrected chi connectivity index (χ3v) is 3.98. The lowest BCUT2D eigenvalue weighted by Crippen LogP contribution is -2.11.